The number of rotatable bonds is 5. The van der Waals surface area contributed by atoms with E-state index in [0.717, 1.165) is 24.7 Å². The largest absolute Gasteiger partial charge is 0.324 e. The van der Waals surface area contributed by atoms with Crippen molar-refractivity contribution in [2.24, 2.45) is 28.4 Å². The second-order valence-electron chi connectivity index (χ2n) is 11.5. The van der Waals surface area contributed by atoms with Crippen LogP contribution in [0, 0.1) is 22.7 Å². The number of hydrogen-bond acceptors (Lipinski definition) is 1. The van der Waals surface area contributed by atoms with Crippen molar-refractivity contribution >= 4 is 0 Å². The van der Waals surface area contributed by atoms with Gasteiger partial charge in [-0.2, -0.15) is 0 Å². The van der Waals surface area contributed by atoms with E-state index in [0.29, 0.717) is 10.8 Å². The van der Waals surface area contributed by atoms with Crippen LogP contribution in [0.25, 0.3) is 0 Å². The molecule has 3 aliphatic carbocycles. The molecule has 0 heterocycles. The van der Waals surface area contributed by atoms with E-state index in [1.54, 1.807) is 5.57 Å². The summed E-state index contributed by atoms with van der Waals surface area (Å²) in [5.74, 6) is 1.75. The summed E-state index contributed by atoms with van der Waals surface area (Å²) in [6, 6.07) is 0.180. The molecule has 158 valence electrons. The van der Waals surface area contributed by atoms with Crippen LogP contribution < -0.4 is 5.73 Å². The Balaban J connectivity index is 1.63. The fourth-order valence-electron chi connectivity index (χ4n) is 6.35. The summed E-state index contributed by atoms with van der Waals surface area (Å²) in [5, 5.41) is 0. The molecule has 4 unspecified atom stereocenters. The van der Waals surface area contributed by atoms with Crippen molar-refractivity contribution in [3.8, 4) is 0 Å². The molecular weight excluding hydrogens is 338 g/mol. The van der Waals surface area contributed by atoms with Crippen molar-refractivity contribution in [2.45, 2.75) is 111 Å². The molecule has 2 N–H and O–H groups in total. The monoisotopic (exact) mass is 383 g/mol. The summed E-state index contributed by atoms with van der Waals surface area (Å²) in [6.07, 6.45) is 21.0. The molecule has 1 heteroatoms. The van der Waals surface area contributed by atoms with Crippen LogP contribution in [0.3, 0.4) is 0 Å². The highest BCUT2D eigenvalue weighted by molar-refractivity contribution is 5.38. The van der Waals surface area contributed by atoms with Gasteiger partial charge in [0.1, 0.15) is 0 Å². The van der Waals surface area contributed by atoms with Gasteiger partial charge in [-0.15, -0.1) is 0 Å². The van der Waals surface area contributed by atoms with Gasteiger partial charge in [0, 0.05) is 6.04 Å². The van der Waals surface area contributed by atoms with E-state index in [1.807, 2.05) is 0 Å². The van der Waals surface area contributed by atoms with Crippen molar-refractivity contribution in [1.29, 1.82) is 0 Å². The van der Waals surface area contributed by atoms with E-state index in [-0.39, 0.29) is 6.04 Å². The van der Waals surface area contributed by atoms with E-state index in [1.165, 1.54) is 75.4 Å². The zero-order valence-corrected chi connectivity index (χ0v) is 19.2. The molecular formula is C27H45N. The summed E-state index contributed by atoms with van der Waals surface area (Å²) in [6.45, 7) is 14.0. The molecule has 3 saturated carbocycles. The average molecular weight is 384 g/mol. The minimum Gasteiger partial charge on any atom is -0.324 e. The lowest BCUT2D eigenvalue weighted by atomic mass is 9.62. The molecule has 3 fully saturated rings. The molecule has 0 radical (unpaired) electrons. The zero-order valence-electron chi connectivity index (χ0n) is 19.2. The molecule has 4 atom stereocenters. The maximum atomic E-state index is 6.23. The van der Waals surface area contributed by atoms with Gasteiger partial charge in [0.25, 0.3) is 0 Å². The lowest BCUT2D eigenvalue weighted by Crippen LogP contribution is -2.33. The molecule has 1 nitrogen and oxygen atoms in total. The van der Waals surface area contributed by atoms with Crippen LogP contribution in [-0.2, 0) is 0 Å². The molecule has 28 heavy (non-hydrogen) atoms. The molecule has 0 saturated heterocycles. The van der Waals surface area contributed by atoms with Crippen molar-refractivity contribution in [2.75, 3.05) is 0 Å². The first-order valence-electron chi connectivity index (χ1n) is 12.0. The molecule has 0 spiro atoms. The molecule has 0 aromatic carbocycles. The highest BCUT2D eigenvalue weighted by Crippen LogP contribution is 2.58. The summed E-state index contributed by atoms with van der Waals surface area (Å²) < 4.78 is 0. The van der Waals surface area contributed by atoms with Crippen LogP contribution in [0.5, 0.6) is 0 Å². The quantitative estimate of drug-likeness (QED) is 0.483. The predicted molar refractivity (Wildman–Crippen MR) is 123 cm³/mol. The molecule has 0 aliphatic heterocycles. The predicted octanol–water partition coefficient (Wildman–Crippen LogP) is 7.73. The Bertz CT molecular complexity index is 617. The maximum absolute atomic E-state index is 6.23. The minimum atomic E-state index is 0.180. The fraction of sp³-hybridized carbons (Fsp3) is 0.778. The maximum Gasteiger partial charge on any atom is 0.0291 e. The van der Waals surface area contributed by atoms with Crippen molar-refractivity contribution in [3.63, 3.8) is 0 Å². The smallest absolute Gasteiger partial charge is 0.0291 e. The Kier molecular flexibility index (Phi) is 6.96. The highest BCUT2D eigenvalue weighted by Gasteiger charge is 2.48. The van der Waals surface area contributed by atoms with Crippen LogP contribution in [0.4, 0.5) is 0 Å². The van der Waals surface area contributed by atoms with Gasteiger partial charge in [-0.05, 0) is 98.0 Å². The Morgan fingerprint density at radius 1 is 1.07 bits per heavy atom. The SMILES string of the molecule is C=C1/C(=C\C=C2/CCCC3(C)C(CCCCC(C)(C)C)CCC23)CCCC1N. The molecule has 0 bridgehead atoms. The molecule has 0 amide bonds. The van der Waals surface area contributed by atoms with Gasteiger partial charge in [-0.1, -0.05) is 64.8 Å². The van der Waals surface area contributed by atoms with E-state index in [2.05, 4.69) is 46.4 Å². The standard InChI is InChI=1S/C27H45N/c1-20-21(10-8-13-25(20)28)14-15-22-11-9-19-27(5)23(16-17-24(22)27)12-6-7-18-26(2,3)4/h14-15,23-25H,1,6-13,16-19,28H2,2-5H3/b21-14-,22-15+. The molecule has 3 rings (SSSR count). The van der Waals surface area contributed by atoms with Gasteiger partial charge in [-0.25, -0.2) is 0 Å². The zero-order chi connectivity index (χ0) is 20.4. The van der Waals surface area contributed by atoms with Crippen molar-refractivity contribution < 1.29 is 0 Å². The van der Waals surface area contributed by atoms with E-state index in [4.69, 9.17) is 5.73 Å². The lowest BCUT2D eigenvalue weighted by molar-refractivity contribution is 0.126. The van der Waals surface area contributed by atoms with E-state index >= 15 is 0 Å². The third-order valence-electron chi connectivity index (χ3n) is 8.21. The van der Waals surface area contributed by atoms with Crippen LogP contribution in [-0.4, -0.2) is 6.04 Å². The van der Waals surface area contributed by atoms with Crippen LogP contribution >= 0.6 is 0 Å². The molecule has 0 aromatic rings. The van der Waals surface area contributed by atoms with Crippen LogP contribution in [0.1, 0.15) is 105 Å². The lowest BCUT2D eigenvalue weighted by Gasteiger charge is -2.42. The van der Waals surface area contributed by atoms with Crippen molar-refractivity contribution in [3.05, 3.63) is 35.5 Å². The number of hydrogen-bond donors (Lipinski definition) is 1. The van der Waals surface area contributed by atoms with Gasteiger partial charge < -0.3 is 5.73 Å². The van der Waals surface area contributed by atoms with Crippen LogP contribution in [0.2, 0.25) is 0 Å². The number of fused-ring (bicyclic) bond motifs is 1. The Hall–Kier alpha value is -0.820. The Labute approximate surface area is 174 Å². The first-order chi connectivity index (χ1) is 13.2. The number of allylic oxidation sites excluding steroid dienone is 3. The third-order valence-corrected chi connectivity index (χ3v) is 8.21. The highest BCUT2D eigenvalue weighted by atomic mass is 14.6. The van der Waals surface area contributed by atoms with E-state index in [9.17, 15) is 0 Å². The minimum absolute atomic E-state index is 0.180. The third kappa shape index (κ3) is 5.02. The van der Waals surface area contributed by atoms with Gasteiger partial charge >= 0.3 is 0 Å². The summed E-state index contributed by atoms with van der Waals surface area (Å²) >= 11 is 0. The second-order valence-corrected chi connectivity index (χ2v) is 11.5. The number of unbranched alkanes of at least 4 members (excludes halogenated alkanes) is 1. The normalized spacial score (nSPS) is 36.9. The fourth-order valence-corrected chi connectivity index (χ4v) is 6.35. The average Bonchev–Trinajstić information content (AvgIpc) is 2.96. The topological polar surface area (TPSA) is 26.0 Å². The van der Waals surface area contributed by atoms with Crippen LogP contribution in [0.15, 0.2) is 35.5 Å². The second kappa shape index (κ2) is 8.90. The Morgan fingerprint density at radius 2 is 1.86 bits per heavy atom. The first-order valence-corrected chi connectivity index (χ1v) is 12.0. The van der Waals surface area contributed by atoms with Gasteiger partial charge in [-0.3, -0.25) is 0 Å². The molecule has 0 aromatic heterocycles. The molecule has 3 aliphatic rings. The summed E-state index contributed by atoms with van der Waals surface area (Å²) in [4.78, 5) is 0. The summed E-state index contributed by atoms with van der Waals surface area (Å²) in [5.41, 5.74) is 11.6. The van der Waals surface area contributed by atoms with Gasteiger partial charge in [0.2, 0.25) is 0 Å². The summed E-state index contributed by atoms with van der Waals surface area (Å²) in [7, 11) is 0. The van der Waals surface area contributed by atoms with Crippen molar-refractivity contribution in [1.82, 2.24) is 0 Å². The van der Waals surface area contributed by atoms with Gasteiger partial charge in [0.05, 0.1) is 0 Å². The Morgan fingerprint density at radius 3 is 2.61 bits per heavy atom. The number of nitrogens with two attached hydrogens (primary N) is 1. The van der Waals surface area contributed by atoms with Gasteiger partial charge in [0.15, 0.2) is 0 Å². The first kappa shape index (κ1) is 21.9. The van der Waals surface area contributed by atoms with E-state index < -0.39 is 0 Å².